The first-order chi connectivity index (χ1) is 17.3. The van der Waals surface area contributed by atoms with Gasteiger partial charge in [-0.15, -0.1) is 0 Å². The second kappa shape index (κ2) is 8.35. The lowest BCUT2D eigenvalue weighted by Gasteiger charge is -2.39. The maximum Gasteiger partial charge on any atom is 0.248 e. The average Bonchev–Trinajstić information content (AvgIpc) is 3.40. The highest BCUT2D eigenvalue weighted by atomic mass is 16.3. The number of nitrogens with zero attached hydrogens (tertiary/aromatic N) is 5. The summed E-state index contributed by atoms with van der Waals surface area (Å²) in [6.45, 7) is 0.997. The van der Waals surface area contributed by atoms with Gasteiger partial charge in [0.2, 0.25) is 5.91 Å². The molecule has 2 bridgehead atoms. The van der Waals surface area contributed by atoms with E-state index in [0.717, 1.165) is 43.2 Å². The van der Waals surface area contributed by atoms with Gasteiger partial charge in [0, 0.05) is 35.3 Å². The van der Waals surface area contributed by atoms with Crippen LogP contribution >= 0.6 is 0 Å². The molecule has 2 aliphatic heterocycles. The minimum atomic E-state index is -0.836. The Bertz CT molecular complexity index is 1350. The first kappa shape index (κ1) is 23.1. The van der Waals surface area contributed by atoms with E-state index in [1.54, 1.807) is 12.4 Å². The normalized spacial score (nSPS) is 24.6. The van der Waals surface area contributed by atoms with Gasteiger partial charge in [-0.25, -0.2) is 4.98 Å². The third-order valence-electron chi connectivity index (χ3n) is 8.34. The molecule has 6 rings (SSSR count). The van der Waals surface area contributed by atoms with Gasteiger partial charge < -0.3 is 20.8 Å². The van der Waals surface area contributed by atoms with Gasteiger partial charge in [-0.3, -0.25) is 14.6 Å². The Kier molecular flexibility index (Phi) is 5.34. The molecule has 2 unspecified atom stereocenters. The molecule has 3 aliphatic rings. The monoisotopic (exact) mass is 490 g/mol. The molecule has 36 heavy (non-hydrogen) atoms. The van der Waals surface area contributed by atoms with E-state index in [1.807, 2.05) is 17.0 Å². The predicted molar refractivity (Wildman–Crippen MR) is 131 cm³/mol. The molecule has 3 aromatic heterocycles. The number of Topliss-reactive ketones (excluding diaryl/α,β-unsaturated/α-hetero) is 1. The van der Waals surface area contributed by atoms with Crippen LogP contribution in [0.5, 0.6) is 0 Å². The van der Waals surface area contributed by atoms with Crippen LogP contribution in [0.3, 0.4) is 0 Å². The number of anilines is 1. The molecule has 10 heteroatoms. The molecule has 4 N–H and O–H groups in total. The number of carbonyl (C=O) groups is 2. The molecular formula is C26H30N6O4. The van der Waals surface area contributed by atoms with Crippen molar-refractivity contribution in [3.63, 3.8) is 0 Å². The second-order valence-corrected chi connectivity index (χ2v) is 10.4. The quantitative estimate of drug-likeness (QED) is 0.461. The summed E-state index contributed by atoms with van der Waals surface area (Å²) in [5, 5.41) is 24.4. The minimum absolute atomic E-state index is 0.0193. The van der Waals surface area contributed by atoms with Crippen molar-refractivity contribution in [2.45, 2.75) is 75.5 Å². The van der Waals surface area contributed by atoms with E-state index in [9.17, 15) is 19.8 Å². The number of hydrogen-bond acceptors (Lipinski definition) is 8. The fourth-order valence-electron chi connectivity index (χ4n) is 6.38. The molecule has 3 fully saturated rings. The molecule has 188 valence electrons. The van der Waals surface area contributed by atoms with E-state index >= 15 is 0 Å². The molecule has 5 heterocycles. The lowest BCUT2D eigenvalue weighted by Crippen LogP contribution is -2.47. The Labute approximate surface area is 208 Å². The molecule has 10 nitrogen and oxygen atoms in total. The summed E-state index contributed by atoms with van der Waals surface area (Å²) in [7, 11) is 0. The lowest BCUT2D eigenvalue weighted by atomic mass is 9.77. The van der Waals surface area contributed by atoms with Gasteiger partial charge in [0.15, 0.2) is 11.4 Å². The average molecular weight is 491 g/mol. The summed E-state index contributed by atoms with van der Waals surface area (Å²) in [5.41, 5.74) is 9.45. The van der Waals surface area contributed by atoms with Crippen LogP contribution in [-0.2, 0) is 10.4 Å². The molecule has 2 atom stereocenters. The molecule has 0 spiro atoms. The number of hydrogen-bond donors (Lipinski definition) is 3. The first-order valence-corrected chi connectivity index (χ1v) is 12.6. The zero-order valence-electron chi connectivity index (χ0n) is 20.2. The van der Waals surface area contributed by atoms with E-state index in [-0.39, 0.29) is 35.5 Å². The van der Waals surface area contributed by atoms with Crippen molar-refractivity contribution in [1.82, 2.24) is 24.5 Å². The highest BCUT2D eigenvalue weighted by molar-refractivity contribution is 6.00. The number of nitrogen functional groups attached to an aromatic ring is 1. The van der Waals surface area contributed by atoms with Crippen molar-refractivity contribution >= 4 is 23.2 Å². The van der Waals surface area contributed by atoms with E-state index in [0.29, 0.717) is 35.4 Å². The number of carbonyl (C=O) groups excluding carboxylic acids is 2. The predicted octanol–water partition coefficient (Wildman–Crippen LogP) is 2.18. The number of pyridine rings is 1. The number of aliphatic hydroxyl groups excluding tert-OH is 1. The number of fused-ring (bicyclic) bond motifs is 3. The number of amides is 1. The summed E-state index contributed by atoms with van der Waals surface area (Å²) in [6, 6.07) is 3.79. The van der Waals surface area contributed by atoms with E-state index < -0.39 is 12.2 Å². The van der Waals surface area contributed by atoms with E-state index in [4.69, 9.17) is 10.7 Å². The van der Waals surface area contributed by atoms with Gasteiger partial charge in [-0.2, -0.15) is 9.61 Å². The van der Waals surface area contributed by atoms with Crippen LogP contribution in [-0.4, -0.2) is 65.1 Å². The number of piperidine rings is 1. The Morgan fingerprint density at radius 3 is 2.44 bits per heavy atom. The molecule has 0 radical (unpaired) electrons. The van der Waals surface area contributed by atoms with Gasteiger partial charge in [-0.1, -0.05) is 6.07 Å². The fraction of sp³-hybridized carbons (Fsp3) is 0.500. The van der Waals surface area contributed by atoms with Crippen LogP contribution < -0.4 is 5.73 Å². The zero-order valence-corrected chi connectivity index (χ0v) is 20.2. The topological polar surface area (TPSA) is 147 Å². The Balaban J connectivity index is 1.41. The maximum atomic E-state index is 12.7. The van der Waals surface area contributed by atoms with Crippen LogP contribution in [0.25, 0.3) is 16.8 Å². The van der Waals surface area contributed by atoms with Crippen molar-refractivity contribution in [2.75, 3.05) is 12.3 Å². The van der Waals surface area contributed by atoms with Crippen LogP contribution in [0.2, 0.25) is 0 Å². The number of aliphatic hydroxyl groups is 2. The molecular weight excluding hydrogens is 460 g/mol. The number of rotatable bonds is 5. The number of ketones is 1. The lowest BCUT2D eigenvalue weighted by molar-refractivity contribution is -0.138. The number of aromatic nitrogens is 4. The van der Waals surface area contributed by atoms with Gasteiger partial charge >= 0.3 is 0 Å². The van der Waals surface area contributed by atoms with E-state index in [2.05, 4.69) is 10.1 Å². The summed E-state index contributed by atoms with van der Waals surface area (Å²) in [5.74, 6) is -0.193. The Morgan fingerprint density at radius 2 is 1.89 bits per heavy atom. The molecule has 1 saturated carbocycles. The SMILES string of the molecule is CC(=O)c1c(C2CC3CCC(C2)N3C(=O)CO)nc2c(-c3ccc(C4(O)CCC4)nc3)cnn2c1N. The van der Waals surface area contributed by atoms with Crippen LogP contribution in [0.15, 0.2) is 24.5 Å². The minimum Gasteiger partial charge on any atom is -0.387 e. The zero-order chi connectivity index (χ0) is 25.2. The molecule has 3 aromatic rings. The first-order valence-electron chi connectivity index (χ1n) is 12.6. The van der Waals surface area contributed by atoms with Crippen molar-refractivity contribution in [2.24, 2.45) is 0 Å². The molecule has 1 amide bonds. The summed E-state index contributed by atoms with van der Waals surface area (Å²) in [6.07, 6.45) is 8.92. The second-order valence-electron chi connectivity index (χ2n) is 10.4. The highest BCUT2D eigenvalue weighted by Gasteiger charge is 2.44. The van der Waals surface area contributed by atoms with Gasteiger partial charge in [-0.05, 0) is 57.9 Å². The summed E-state index contributed by atoms with van der Waals surface area (Å²) in [4.78, 5) is 36.3. The molecule has 1 aliphatic carbocycles. The standard InChI is InChI=1S/C26H30N6O4/c1-14(34)22-23(16-9-17-4-5-18(10-16)31(17)21(35)13-33)30-25-19(12-29-32(25)24(22)27)15-3-6-20(28-11-15)26(36)7-2-8-26/h3,6,11-12,16-18,33,36H,2,4-5,7-10,13,27H2,1H3. The van der Waals surface area contributed by atoms with Crippen molar-refractivity contribution in [3.8, 4) is 11.1 Å². The van der Waals surface area contributed by atoms with Crippen molar-refractivity contribution in [1.29, 1.82) is 0 Å². The highest BCUT2D eigenvalue weighted by Crippen LogP contribution is 2.45. The third-order valence-corrected chi connectivity index (χ3v) is 8.34. The fourth-order valence-corrected chi connectivity index (χ4v) is 6.38. The maximum absolute atomic E-state index is 12.7. The smallest absolute Gasteiger partial charge is 0.248 e. The third kappa shape index (κ3) is 3.42. The van der Waals surface area contributed by atoms with E-state index in [1.165, 1.54) is 11.4 Å². The van der Waals surface area contributed by atoms with Crippen LogP contribution in [0, 0.1) is 0 Å². The molecule has 0 aromatic carbocycles. The number of nitrogens with two attached hydrogens (primary N) is 1. The van der Waals surface area contributed by atoms with Gasteiger partial charge in [0.05, 0.1) is 23.1 Å². The Morgan fingerprint density at radius 1 is 1.17 bits per heavy atom. The van der Waals surface area contributed by atoms with Crippen LogP contribution in [0.1, 0.15) is 79.5 Å². The summed E-state index contributed by atoms with van der Waals surface area (Å²) < 4.78 is 1.50. The van der Waals surface area contributed by atoms with Crippen LogP contribution in [0.4, 0.5) is 5.82 Å². The van der Waals surface area contributed by atoms with Crippen molar-refractivity contribution in [3.05, 3.63) is 41.5 Å². The van der Waals surface area contributed by atoms with Crippen molar-refractivity contribution < 1.29 is 19.8 Å². The van der Waals surface area contributed by atoms with Gasteiger partial charge in [0.1, 0.15) is 18.0 Å². The largest absolute Gasteiger partial charge is 0.387 e. The molecule has 2 saturated heterocycles. The Hall–Kier alpha value is -3.37. The summed E-state index contributed by atoms with van der Waals surface area (Å²) >= 11 is 0. The van der Waals surface area contributed by atoms with Gasteiger partial charge in [0.25, 0.3) is 0 Å².